The molecule has 1 N–H and O–H groups in total. The third-order valence-electron chi connectivity index (χ3n) is 7.20. The Morgan fingerprint density at radius 1 is 1.12 bits per heavy atom. The number of thioether (sulfide) groups is 1. The number of hydrogen-bond donors (Lipinski definition) is 1. The van der Waals surface area contributed by atoms with Gasteiger partial charge in [-0.25, -0.2) is 12.8 Å². The number of allylic oxidation sites excluding steroid dienone is 2. The number of unbranched alkanes of at least 4 members (excludes halogenated alkanes) is 1. The second-order valence-electron chi connectivity index (χ2n) is 10.7. The maximum Gasteiger partial charge on any atom is 0.220 e. The van der Waals surface area contributed by atoms with E-state index in [1.807, 2.05) is 19.9 Å². The number of aliphatic hydroxyl groups excluding tert-OH is 1. The lowest BCUT2D eigenvalue weighted by Gasteiger charge is -2.18. The Morgan fingerprint density at radius 2 is 1.81 bits per heavy atom. The van der Waals surface area contributed by atoms with E-state index < -0.39 is 20.4 Å². The fourth-order valence-electron chi connectivity index (χ4n) is 4.77. The molecule has 0 saturated carbocycles. The van der Waals surface area contributed by atoms with Gasteiger partial charge in [-0.3, -0.25) is 14.3 Å². The lowest BCUT2D eigenvalue weighted by atomic mass is 9.99. The SMILES string of the molecule is C=C/C(C)=C/[C@@]1(C)SC(=O)C(CCCCn2cc(CCC(=O)c3ccc(CS(=O)(=O)c4ccc(F)cc4)cc3)nn2)=C1O. The highest BCUT2D eigenvalue weighted by molar-refractivity contribution is 8.16. The number of aryl methyl sites for hydroxylation is 2. The maximum absolute atomic E-state index is 13.1. The van der Waals surface area contributed by atoms with Crippen molar-refractivity contribution in [1.29, 1.82) is 0 Å². The number of rotatable bonds is 14. The molecule has 1 aromatic heterocycles. The molecule has 11 heteroatoms. The van der Waals surface area contributed by atoms with E-state index in [4.69, 9.17) is 0 Å². The van der Waals surface area contributed by atoms with Crippen LogP contribution in [-0.2, 0) is 33.4 Å². The van der Waals surface area contributed by atoms with Crippen LogP contribution in [0.5, 0.6) is 0 Å². The van der Waals surface area contributed by atoms with Gasteiger partial charge in [0, 0.05) is 36.7 Å². The molecule has 0 saturated heterocycles. The van der Waals surface area contributed by atoms with E-state index in [2.05, 4.69) is 16.9 Å². The molecule has 0 bridgehead atoms. The van der Waals surface area contributed by atoms with Crippen molar-refractivity contribution < 1.29 is 27.5 Å². The van der Waals surface area contributed by atoms with Crippen LogP contribution in [0.15, 0.2) is 95.3 Å². The maximum atomic E-state index is 13.1. The number of Topliss-reactive ketones (excluding diaryl/α,β-unsaturated/α-hetero) is 1. The summed E-state index contributed by atoms with van der Waals surface area (Å²) in [6, 6.07) is 11.1. The molecule has 0 spiro atoms. The van der Waals surface area contributed by atoms with Crippen molar-refractivity contribution in [2.75, 3.05) is 0 Å². The first-order valence-corrected chi connectivity index (χ1v) is 16.3. The quantitative estimate of drug-likeness (QED) is 0.0955. The van der Waals surface area contributed by atoms with Crippen LogP contribution in [0.2, 0.25) is 0 Å². The third-order valence-corrected chi connectivity index (χ3v) is 10.1. The summed E-state index contributed by atoms with van der Waals surface area (Å²) in [6.07, 6.45) is 7.87. The molecule has 1 aliphatic rings. The predicted octanol–water partition coefficient (Wildman–Crippen LogP) is 6.35. The zero-order valence-electron chi connectivity index (χ0n) is 24.1. The van der Waals surface area contributed by atoms with Gasteiger partial charge in [-0.05, 0) is 62.9 Å². The van der Waals surface area contributed by atoms with Crippen molar-refractivity contribution in [1.82, 2.24) is 15.0 Å². The number of benzene rings is 2. The van der Waals surface area contributed by atoms with Gasteiger partial charge in [-0.2, -0.15) is 0 Å². The standard InChI is InChI=1S/C32H34FN3O5S2/c1-4-22(2)19-32(3)30(38)28(31(39)42-32)7-5-6-18-36-20-26(34-35-36)14-17-29(37)24-10-8-23(9-11-24)21-43(40,41)27-15-12-25(33)13-16-27/h4,8-13,15-16,19-20,38H,1,5-7,14,17-18,21H2,2-3H3/b22-19+/t32-/m1/s1. The molecule has 0 fully saturated rings. The summed E-state index contributed by atoms with van der Waals surface area (Å²) in [5.41, 5.74) is 3.03. The summed E-state index contributed by atoms with van der Waals surface area (Å²) in [6.45, 7) is 8.02. The fourth-order valence-corrected chi connectivity index (χ4v) is 7.29. The van der Waals surface area contributed by atoms with Gasteiger partial charge >= 0.3 is 0 Å². The summed E-state index contributed by atoms with van der Waals surface area (Å²) in [7, 11) is -3.64. The topological polar surface area (TPSA) is 119 Å². The summed E-state index contributed by atoms with van der Waals surface area (Å²) < 4.78 is 39.2. The van der Waals surface area contributed by atoms with E-state index in [-0.39, 0.29) is 33.7 Å². The Hall–Kier alpha value is -3.83. The van der Waals surface area contributed by atoms with Crippen LogP contribution in [0.25, 0.3) is 0 Å². The van der Waals surface area contributed by atoms with E-state index in [0.717, 1.165) is 35.9 Å². The molecule has 4 rings (SSSR count). The minimum atomic E-state index is -3.64. The normalized spacial score (nSPS) is 17.5. The second-order valence-corrected chi connectivity index (χ2v) is 14.1. The van der Waals surface area contributed by atoms with Crippen LogP contribution < -0.4 is 0 Å². The van der Waals surface area contributed by atoms with E-state index in [1.54, 1.807) is 41.2 Å². The van der Waals surface area contributed by atoms with Crippen LogP contribution in [-0.4, -0.2) is 44.2 Å². The highest BCUT2D eigenvalue weighted by Gasteiger charge is 2.41. The number of sulfone groups is 1. The Labute approximate surface area is 255 Å². The zero-order valence-corrected chi connectivity index (χ0v) is 25.8. The number of hydrogen-bond acceptors (Lipinski definition) is 8. The molecular formula is C32H34FN3O5S2. The van der Waals surface area contributed by atoms with E-state index in [1.165, 1.54) is 12.1 Å². The van der Waals surface area contributed by atoms with Crippen LogP contribution in [0.1, 0.15) is 61.1 Å². The smallest absolute Gasteiger partial charge is 0.220 e. The number of ketones is 1. The minimum Gasteiger partial charge on any atom is -0.510 e. The number of aromatic nitrogens is 3. The molecule has 1 atom stereocenters. The van der Waals surface area contributed by atoms with E-state index in [0.29, 0.717) is 48.2 Å². The Kier molecular flexibility index (Phi) is 10.2. The first kappa shape index (κ1) is 32.1. The van der Waals surface area contributed by atoms with Gasteiger partial charge in [0.05, 0.1) is 21.1 Å². The summed E-state index contributed by atoms with van der Waals surface area (Å²) >= 11 is 1.12. The Bertz CT molecular complexity index is 1680. The second kappa shape index (κ2) is 13.6. The van der Waals surface area contributed by atoms with Crippen molar-refractivity contribution in [3.8, 4) is 0 Å². The first-order chi connectivity index (χ1) is 20.4. The van der Waals surface area contributed by atoms with Crippen molar-refractivity contribution in [2.24, 2.45) is 0 Å². The lowest BCUT2D eigenvalue weighted by Crippen LogP contribution is -2.17. The minimum absolute atomic E-state index is 0.0389. The van der Waals surface area contributed by atoms with Gasteiger partial charge in [0.25, 0.3) is 0 Å². The zero-order chi connectivity index (χ0) is 31.2. The Balaban J connectivity index is 1.23. The van der Waals surface area contributed by atoms with Crippen molar-refractivity contribution >= 4 is 32.5 Å². The van der Waals surface area contributed by atoms with Gasteiger partial charge in [0.15, 0.2) is 15.6 Å². The molecular weight excluding hydrogens is 590 g/mol. The summed E-state index contributed by atoms with van der Waals surface area (Å²) in [5, 5.41) is 18.9. The molecule has 2 aromatic carbocycles. The number of carbonyl (C=O) groups is 2. The average Bonchev–Trinajstić information content (AvgIpc) is 3.51. The number of carbonyl (C=O) groups excluding carboxylic acids is 2. The van der Waals surface area contributed by atoms with E-state index in [9.17, 15) is 27.5 Å². The highest BCUT2D eigenvalue weighted by Crippen LogP contribution is 2.45. The van der Waals surface area contributed by atoms with Gasteiger partial charge in [0.2, 0.25) is 5.12 Å². The van der Waals surface area contributed by atoms with Gasteiger partial charge in [-0.1, -0.05) is 65.5 Å². The molecule has 226 valence electrons. The molecule has 0 unspecified atom stereocenters. The first-order valence-electron chi connectivity index (χ1n) is 13.9. The number of nitrogens with zero attached hydrogens (tertiary/aromatic N) is 3. The fraction of sp³-hybridized carbons (Fsp3) is 0.312. The molecule has 1 aliphatic heterocycles. The van der Waals surface area contributed by atoms with Gasteiger partial charge in [-0.15, -0.1) is 5.10 Å². The van der Waals surface area contributed by atoms with Crippen LogP contribution in [0.3, 0.4) is 0 Å². The number of aliphatic hydroxyl groups is 1. The summed E-state index contributed by atoms with van der Waals surface area (Å²) in [5.74, 6) is -0.745. The van der Waals surface area contributed by atoms with Crippen LogP contribution in [0, 0.1) is 5.82 Å². The highest BCUT2D eigenvalue weighted by atomic mass is 32.2. The molecule has 2 heterocycles. The van der Waals surface area contributed by atoms with Gasteiger partial charge < -0.3 is 5.11 Å². The summed E-state index contributed by atoms with van der Waals surface area (Å²) in [4.78, 5) is 25.3. The Morgan fingerprint density at radius 3 is 2.49 bits per heavy atom. The molecule has 43 heavy (non-hydrogen) atoms. The van der Waals surface area contributed by atoms with Crippen molar-refractivity contribution in [2.45, 2.75) is 67.9 Å². The third kappa shape index (κ3) is 8.17. The van der Waals surface area contributed by atoms with Crippen molar-refractivity contribution in [3.05, 3.63) is 113 Å². The molecule has 0 aliphatic carbocycles. The molecule has 0 radical (unpaired) electrons. The molecule has 0 amide bonds. The van der Waals surface area contributed by atoms with E-state index >= 15 is 0 Å². The van der Waals surface area contributed by atoms with Gasteiger partial charge in [0.1, 0.15) is 11.6 Å². The lowest BCUT2D eigenvalue weighted by molar-refractivity contribution is -0.108. The monoisotopic (exact) mass is 623 g/mol. The van der Waals surface area contributed by atoms with Crippen LogP contribution >= 0.6 is 11.8 Å². The van der Waals surface area contributed by atoms with Crippen molar-refractivity contribution in [3.63, 3.8) is 0 Å². The molecule has 3 aromatic rings. The molecule has 8 nitrogen and oxygen atoms in total. The average molecular weight is 624 g/mol. The largest absolute Gasteiger partial charge is 0.510 e. The number of halogens is 1. The predicted molar refractivity (Wildman–Crippen MR) is 165 cm³/mol. The van der Waals surface area contributed by atoms with Crippen LogP contribution in [0.4, 0.5) is 4.39 Å².